The van der Waals surface area contributed by atoms with Crippen molar-refractivity contribution >= 4 is 86.3 Å². The summed E-state index contributed by atoms with van der Waals surface area (Å²) in [6, 6.07) is 15.0. The van der Waals surface area contributed by atoms with Gasteiger partial charge in [0.25, 0.3) is 5.91 Å². The van der Waals surface area contributed by atoms with E-state index in [2.05, 4.69) is 45.5 Å². The molecule has 2 aromatic carbocycles. The molecule has 3 N–H and O–H groups in total. The molecule has 29 heavy (non-hydrogen) atoms. The molecule has 2 rings (SSSR count). The quantitative estimate of drug-likeness (QED) is 0.184. The van der Waals surface area contributed by atoms with Crippen LogP contribution in [0.2, 0.25) is 0 Å². The average molecular weight is 587 g/mol. The summed E-state index contributed by atoms with van der Waals surface area (Å²) in [5.41, 5.74) is 1.94. The van der Waals surface area contributed by atoms with Crippen molar-refractivity contribution in [2.24, 2.45) is 0 Å². The van der Waals surface area contributed by atoms with Gasteiger partial charge in [-0.1, -0.05) is 53.9 Å². The number of thiocarbonyl (C=S) groups is 1. The molecule has 0 bridgehead atoms. The second-order valence-corrected chi connectivity index (χ2v) is 9.96. The van der Waals surface area contributed by atoms with Crippen LogP contribution in [0.4, 0.5) is 5.69 Å². The molecule has 5 nitrogen and oxygen atoms in total. The van der Waals surface area contributed by atoms with Crippen LogP contribution >= 0.6 is 69.6 Å². The van der Waals surface area contributed by atoms with Gasteiger partial charge in [0.1, 0.15) is 11.9 Å². The monoisotopic (exact) mass is 585 g/mol. The number of nitrogens with one attached hydrogen (secondary N) is 3. The predicted octanol–water partition coefficient (Wildman–Crippen LogP) is 5.03. The largest absolute Gasteiger partial charge is 0.484 e. The van der Waals surface area contributed by atoms with Crippen LogP contribution in [-0.4, -0.2) is 27.6 Å². The molecule has 1 atom stereocenters. The highest BCUT2D eigenvalue weighted by molar-refractivity contribution is 14.1. The molecule has 0 aromatic heterocycles. The minimum Gasteiger partial charge on any atom is -0.484 e. The number of aryl methyl sites for hydroxylation is 1. The van der Waals surface area contributed by atoms with Gasteiger partial charge < -0.3 is 20.7 Å². The lowest BCUT2D eigenvalue weighted by molar-refractivity contribution is -0.123. The zero-order valence-corrected chi connectivity index (χ0v) is 20.6. The van der Waals surface area contributed by atoms with E-state index in [-0.39, 0.29) is 11.7 Å². The van der Waals surface area contributed by atoms with Crippen molar-refractivity contribution in [3.8, 4) is 5.75 Å². The van der Waals surface area contributed by atoms with Gasteiger partial charge in [0.2, 0.25) is 3.79 Å². The number of anilines is 1. The Bertz CT molecular complexity index is 830. The summed E-state index contributed by atoms with van der Waals surface area (Å²) in [5.74, 6) is 0.108. The van der Waals surface area contributed by atoms with Gasteiger partial charge in [-0.05, 0) is 83.2 Å². The molecule has 0 radical (unpaired) electrons. The Balaban J connectivity index is 1.90. The fraction of sp³-hybridized carbons (Fsp3) is 0.263. The van der Waals surface area contributed by atoms with E-state index < -0.39 is 15.9 Å². The molecule has 0 fully saturated rings. The summed E-state index contributed by atoms with van der Waals surface area (Å²) in [5, 5.41) is 8.54. The van der Waals surface area contributed by atoms with Crippen LogP contribution in [0.1, 0.15) is 12.5 Å². The molecule has 0 aliphatic heterocycles. The summed E-state index contributed by atoms with van der Waals surface area (Å²) in [6.07, 6.45) is -0.136. The first-order valence-corrected chi connectivity index (χ1v) is 11.2. The van der Waals surface area contributed by atoms with Crippen LogP contribution in [0.3, 0.4) is 0 Å². The third kappa shape index (κ3) is 8.72. The van der Waals surface area contributed by atoms with E-state index in [4.69, 9.17) is 51.8 Å². The van der Waals surface area contributed by atoms with E-state index in [1.807, 2.05) is 36.4 Å². The minimum atomic E-state index is -1.84. The third-order valence-electron chi connectivity index (χ3n) is 3.71. The summed E-state index contributed by atoms with van der Waals surface area (Å²) >= 11 is 25.4. The van der Waals surface area contributed by atoms with Crippen molar-refractivity contribution in [1.82, 2.24) is 10.6 Å². The number of hydrogen-bond donors (Lipinski definition) is 3. The molecule has 0 spiro atoms. The van der Waals surface area contributed by atoms with Gasteiger partial charge in [0.05, 0.1) is 0 Å². The number of carbonyl (C=O) groups is 1. The lowest BCUT2D eigenvalue weighted by Gasteiger charge is -2.27. The number of benzene rings is 2. The normalized spacial score (nSPS) is 12.0. The minimum absolute atomic E-state index is 0.193. The molecule has 0 unspecified atom stereocenters. The average Bonchev–Trinajstić information content (AvgIpc) is 2.67. The zero-order valence-electron chi connectivity index (χ0n) is 15.3. The first-order chi connectivity index (χ1) is 13.7. The van der Waals surface area contributed by atoms with Crippen molar-refractivity contribution in [3.63, 3.8) is 0 Å². The van der Waals surface area contributed by atoms with Gasteiger partial charge in [-0.25, -0.2) is 0 Å². The van der Waals surface area contributed by atoms with E-state index in [0.29, 0.717) is 5.75 Å². The molecular formula is C19H19Cl3IN3O2S. The van der Waals surface area contributed by atoms with Crippen LogP contribution in [0, 0.1) is 3.57 Å². The summed E-state index contributed by atoms with van der Waals surface area (Å²) in [7, 11) is 0. The number of alkyl halides is 3. The smallest absolute Gasteiger partial charge is 0.259 e. The Labute approximate surface area is 203 Å². The lowest BCUT2D eigenvalue weighted by atomic mass is 10.2. The fourth-order valence-corrected chi connectivity index (χ4v) is 3.13. The predicted molar refractivity (Wildman–Crippen MR) is 132 cm³/mol. The van der Waals surface area contributed by atoms with Gasteiger partial charge in [0.15, 0.2) is 11.7 Å². The number of amides is 1. The second kappa shape index (κ2) is 11.4. The number of halogens is 4. The number of rotatable bonds is 7. The van der Waals surface area contributed by atoms with Gasteiger partial charge in [0, 0.05) is 9.26 Å². The van der Waals surface area contributed by atoms with Crippen molar-refractivity contribution < 1.29 is 9.53 Å². The summed E-state index contributed by atoms with van der Waals surface area (Å²) < 4.78 is 4.72. The Morgan fingerprint density at radius 1 is 1.10 bits per heavy atom. The maximum absolute atomic E-state index is 12.3. The Kier molecular flexibility index (Phi) is 9.55. The fourth-order valence-electron chi connectivity index (χ4n) is 2.20. The van der Waals surface area contributed by atoms with Gasteiger partial charge in [-0.2, -0.15) is 0 Å². The van der Waals surface area contributed by atoms with E-state index in [9.17, 15) is 4.79 Å². The highest BCUT2D eigenvalue weighted by Crippen LogP contribution is 2.29. The summed E-state index contributed by atoms with van der Waals surface area (Å²) in [4.78, 5) is 12.3. The molecule has 0 aliphatic carbocycles. The SMILES string of the molecule is CCc1ccc(OCC(=O)N[C@H](NC(=S)Nc2ccc(I)cc2)C(Cl)(Cl)Cl)cc1. The van der Waals surface area contributed by atoms with Gasteiger partial charge >= 0.3 is 0 Å². The van der Waals surface area contributed by atoms with Crippen LogP contribution < -0.4 is 20.7 Å². The first kappa shape index (κ1) is 24.3. The molecule has 0 heterocycles. The number of hydrogen-bond acceptors (Lipinski definition) is 3. The van der Waals surface area contributed by atoms with Crippen LogP contribution in [0.25, 0.3) is 0 Å². The topological polar surface area (TPSA) is 62.4 Å². The lowest BCUT2D eigenvalue weighted by Crippen LogP contribution is -2.56. The third-order valence-corrected chi connectivity index (χ3v) is 5.31. The Morgan fingerprint density at radius 3 is 2.28 bits per heavy atom. The highest BCUT2D eigenvalue weighted by atomic mass is 127. The van der Waals surface area contributed by atoms with Crippen LogP contribution in [-0.2, 0) is 11.2 Å². The van der Waals surface area contributed by atoms with Gasteiger partial charge in [-0.3, -0.25) is 4.79 Å². The highest BCUT2D eigenvalue weighted by Gasteiger charge is 2.34. The molecular weight excluding hydrogens is 568 g/mol. The number of carbonyl (C=O) groups excluding carboxylic acids is 1. The van der Waals surface area contributed by atoms with E-state index in [0.717, 1.165) is 15.7 Å². The van der Waals surface area contributed by atoms with Crippen LogP contribution in [0.5, 0.6) is 5.75 Å². The van der Waals surface area contributed by atoms with Crippen LogP contribution in [0.15, 0.2) is 48.5 Å². The molecule has 2 aromatic rings. The Hall–Kier alpha value is -1.000. The van der Waals surface area contributed by atoms with E-state index >= 15 is 0 Å². The molecule has 10 heteroatoms. The van der Waals surface area contributed by atoms with E-state index in [1.54, 1.807) is 12.1 Å². The molecule has 0 saturated carbocycles. The van der Waals surface area contributed by atoms with Crippen molar-refractivity contribution in [2.45, 2.75) is 23.3 Å². The van der Waals surface area contributed by atoms with Crippen molar-refractivity contribution in [1.29, 1.82) is 0 Å². The molecule has 0 aliphatic rings. The first-order valence-electron chi connectivity index (χ1n) is 8.58. The van der Waals surface area contributed by atoms with Crippen molar-refractivity contribution in [3.05, 3.63) is 57.7 Å². The second-order valence-electron chi connectivity index (χ2n) is 5.93. The van der Waals surface area contributed by atoms with Gasteiger partial charge in [-0.15, -0.1) is 0 Å². The molecule has 0 saturated heterocycles. The van der Waals surface area contributed by atoms with E-state index in [1.165, 1.54) is 5.56 Å². The molecule has 1 amide bonds. The maximum atomic E-state index is 12.3. The standard InChI is InChI=1S/C19H19Cl3IN3O2S/c1-2-12-3-9-15(10-4-12)28-11-16(27)25-17(19(20,21)22)26-18(29)24-14-7-5-13(23)6-8-14/h3-10,17H,2,11H2,1H3,(H,25,27)(H2,24,26,29)/t17-/m1/s1. The number of ether oxygens (including phenoxy) is 1. The summed E-state index contributed by atoms with van der Waals surface area (Å²) in [6.45, 7) is 1.83. The maximum Gasteiger partial charge on any atom is 0.259 e. The zero-order chi connectivity index (χ0) is 21.4. The van der Waals surface area contributed by atoms with Crippen molar-refractivity contribution in [2.75, 3.05) is 11.9 Å². The molecule has 156 valence electrons. The Morgan fingerprint density at radius 2 is 1.72 bits per heavy atom.